The molecule has 0 fully saturated rings. The van der Waals surface area contributed by atoms with E-state index in [1.165, 1.54) is 51.0 Å². The summed E-state index contributed by atoms with van der Waals surface area (Å²) in [6, 6.07) is 10.7. The summed E-state index contributed by atoms with van der Waals surface area (Å²) < 4.78 is 15.6. The first kappa shape index (κ1) is 24.9. The van der Waals surface area contributed by atoms with Gasteiger partial charge in [-0.25, -0.2) is 4.39 Å². The molecule has 0 radical (unpaired) electrons. The Bertz CT molecular complexity index is 783. The summed E-state index contributed by atoms with van der Waals surface area (Å²) >= 11 is 0. The average Bonchev–Trinajstić information content (AvgIpc) is 3.18. The minimum atomic E-state index is -0.226. The Hall–Kier alpha value is -2.36. The molecule has 0 atom stereocenters. The zero-order valence-corrected chi connectivity index (χ0v) is 19.2. The fraction of sp³-hybridized carbons (Fsp3) is 0.519. The summed E-state index contributed by atoms with van der Waals surface area (Å²) in [5, 5.41) is 0. The quantitative estimate of drug-likeness (QED) is 0.207. The van der Waals surface area contributed by atoms with E-state index in [0.29, 0.717) is 26.1 Å². The molecule has 170 valence electrons. The van der Waals surface area contributed by atoms with Crippen molar-refractivity contribution >= 4 is 5.91 Å². The van der Waals surface area contributed by atoms with E-state index in [1.54, 1.807) is 18.2 Å². The van der Waals surface area contributed by atoms with Gasteiger partial charge in [0.05, 0.1) is 6.54 Å². The van der Waals surface area contributed by atoms with Crippen LogP contribution in [0.2, 0.25) is 0 Å². The summed E-state index contributed by atoms with van der Waals surface area (Å²) in [5.41, 5.74) is 1.96. The van der Waals surface area contributed by atoms with Crippen LogP contribution in [-0.2, 0) is 17.9 Å². The molecule has 2 rings (SSSR count). The molecule has 31 heavy (non-hydrogen) atoms. The van der Waals surface area contributed by atoms with Crippen LogP contribution in [0, 0.1) is 5.82 Å². The topological polar surface area (TPSA) is 25.2 Å². The molecule has 0 aliphatic heterocycles. The minimum absolute atomic E-state index is 0.182. The predicted molar refractivity (Wildman–Crippen MR) is 127 cm³/mol. The molecule has 0 unspecified atom stereocenters. The highest BCUT2D eigenvalue weighted by Gasteiger charge is 2.14. The summed E-state index contributed by atoms with van der Waals surface area (Å²) in [7, 11) is 0. The summed E-state index contributed by atoms with van der Waals surface area (Å²) in [6.45, 7) is 7.75. The van der Waals surface area contributed by atoms with Gasteiger partial charge in [-0.3, -0.25) is 4.79 Å². The van der Waals surface area contributed by atoms with E-state index in [9.17, 15) is 9.18 Å². The Morgan fingerprint density at radius 3 is 2.42 bits per heavy atom. The van der Waals surface area contributed by atoms with Crippen molar-refractivity contribution in [1.82, 2.24) is 9.47 Å². The van der Waals surface area contributed by atoms with E-state index in [4.69, 9.17) is 0 Å². The van der Waals surface area contributed by atoms with Crippen molar-refractivity contribution in [3.05, 3.63) is 72.3 Å². The van der Waals surface area contributed by atoms with Crippen LogP contribution < -0.4 is 0 Å². The van der Waals surface area contributed by atoms with Gasteiger partial charge in [-0.1, -0.05) is 76.5 Å². The predicted octanol–water partition coefficient (Wildman–Crippen LogP) is 7.11. The van der Waals surface area contributed by atoms with Gasteiger partial charge in [-0.05, 0) is 36.2 Å². The van der Waals surface area contributed by atoms with E-state index in [1.807, 2.05) is 29.3 Å². The first-order chi connectivity index (χ1) is 15.1. The van der Waals surface area contributed by atoms with Crippen molar-refractivity contribution in [3.8, 4) is 0 Å². The van der Waals surface area contributed by atoms with Crippen LogP contribution in [0.25, 0.3) is 0 Å². The SMILES string of the molecule is C=CCN(Cc1cccn1Cc1cccc(F)c1)C(=O)CCCCCCCCCCC. The molecule has 0 aliphatic rings. The Balaban J connectivity index is 1.78. The van der Waals surface area contributed by atoms with Crippen LogP contribution in [0.15, 0.2) is 55.3 Å². The Morgan fingerprint density at radius 2 is 1.74 bits per heavy atom. The van der Waals surface area contributed by atoms with Crippen molar-refractivity contribution in [3.63, 3.8) is 0 Å². The molecule has 0 saturated carbocycles. The first-order valence-corrected chi connectivity index (χ1v) is 11.9. The molecule has 0 N–H and O–H groups in total. The molecule has 4 heteroatoms. The van der Waals surface area contributed by atoms with Gasteiger partial charge in [-0.15, -0.1) is 6.58 Å². The van der Waals surface area contributed by atoms with Gasteiger partial charge in [0, 0.05) is 31.4 Å². The number of rotatable bonds is 16. The van der Waals surface area contributed by atoms with Crippen LogP contribution in [-0.4, -0.2) is 21.9 Å². The lowest BCUT2D eigenvalue weighted by molar-refractivity contribution is -0.131. The van der Waals surface area contributed by atoms with Gasteiger partial charge in [0.1, 0.15) is 5.82 Å². The van der Waals surface area contributed by atoms with Crippen LogP contribution in [0.4, 0.5) is 4.39 Å². The van der Waals surface area contributed by atoms with Crippen molar-refractivity contribution < 1.29 is 9.18 Å². The number of carbonyl (C=O) groups excluding carboxylic acids is 1. The van der Waals surface area contributed by atoms with E-state index in [0.717, 1.165) is 24.1 Å². The van der Waals surface area contributed by atoms with Crippen molar-refractivity contribution in [1.29, 1.82) is 0 Å². The Labute approximate surface area is 188 Å². The molecule has 3 nitrogen and oxygen atoms in total. The zero-order valence-electron chi connectivity index (χ0n) is 19.2. The number of carbonyl (C=O) groups is 1. The molecular formula is C27H39FN2O. The highest BCUT2D eigenvalue weighted by molar-refractivity contribution is 5.76. The van der Waals surface area contributed by atoms with Gasteiger partial charge in [0.2, 0.25) is 5.91 Å². The van der Waals surface area contributed by atoms with Gasteiger partial charge in [-0.2, -0.15) is 0 Å². The normalized spacial score (nSPS) is 10.9. The van der Waals surface area contributed by atoms with Crippen molar-refractivity contribution in [2.45, 2.75) is 84.2 Å². The summed E-state index contributed by atoms with van der Waals surface area (Å²) in [5.74, 6) is -0.0445. The Morgan fingerprint density at radius 1 is 1.03 bits per heavy atom. The lowest BCUT2D eigenvalue weighted by atomic mass is 10.1. The highest BCUT2D eigenvalue weighted by Crippen LogP contribution is 2.15. The van der Waals surface area contributed by atoms with Crippen molar-refractivity contribution in [2.24, 2.45) is 0 Å². The second-order valence-corrected chi connectivity index (χ2v) is 8.40. The first-order valence-electron chi connectivity index (χ1n) is 11.9. The second-order valence-electron chi connectivity index (χ2n) is 8.40. The second kappa shape index (κ2) is 14.6. The fourth-order valence-corrected chi connectivity index (χ4v) is 3.93. The van der Waals surface area contributed by atoms with Crippen LogP contribution >= 0.6 is 0 Å². The van der Waals surface area contributed by atoms with E-state index < -0.39 is 0 Å². The molecular weight excluding hydrogens is 387 g/mol. The fourth-order valence-electron chi connectivity index (χ4n) is 3.93. The number of hydrogen-bond donors (Lipinski definition) is 0. The summed E-state index contributed by atoms with van der Waals surface area (Å²) in [4.78, 5) is 14.7. The average molecular weight is 427 g/mol. The smallest absolute Gasteiger partial charge is 0.223 e. The van der Waals surface area contributed by atoms with E-state index in [-0.39, 0.29) is 11.7 Å². The lowest BCUT2D eigenvalue weighted by Crippen LogP contribution is -2.31. The maximum absolute atomic E-state index is 13.5. The van der Waals surface area contributed by atoms with Crippen molar-refractivity contribution in [2.75, 3.05) is 6.54 Å². The Kier molecular flexibility index (Phi) is 11.7. The largest absolute Gasteiger partial charge is 0.345 e. The molecule has 1 heterocycles. The zero-order chi connectivity index (χ0) is 22.3. The minimum Gasteiger partial charge on any atom is -0.345 e. The lowest BCUT2D eigenvalue weighted by Gasteiger charge is -2.22. The monoisotopic (exact) mass is 426 g/mol. The van der Waals surface area contributed by atoms with Gasteiger partial charge >= 0.3 is 0 Å². The van der Waals surface area contributed by atoms with Crippen LogP contribution in [0.1, 0.15) is 82.4 Å². The van der Waals surface area contributed by atoms with Crippen LogP contribution in [0.5, 0.6) is 0 Å². The van der Waals surface area contributed by atoms with Gasteiger partial charge in [0.25, 0.3) is 0 Å². The molecule has 1 aromatic heterocycles. The third-order valence-corrected chi connectivity index (χ3v) is 5.71. The summed E-state index contributed by atoms with van der Waals surface area (Å²) in [6.07, 6.45) is 15.6. The van der Waals surface area contributed by atoms with Gasteiger partial charge < -0.3 is 9.47 Å². The highest BCUT2D eigenvalue weighted by atomic mass is 19.1. The third kappa shape index (κ3) is 9.54. The molecule has 1 aromatic carbocycles. The maximum Gasteiger partial charge on any atom is 0.223 e. The van der Waals surface area contributed by atoms with Crippen LogP contribution in [0.3, 0.4) is 0 Å². The number of benzene rings is 1. The number of amides is 1. The van der Waals surface area contributed by atoms with E-state index in [2.05, 4.69) is 18.1 Å². The number of aromatic nitrogens is 1. The standard InChI is InChI=1S/C27H39FN2O/c1-3-5-6-7-8-9-10-11-12-18-27(31)30(19-4-2)23-26-17-14-20-29(26)22-24-15-13-16-25(28)21-24/h4,13-17,20-21H,2-3,5-12,18-19,22-23H2,1H3. The van der Waals surface area contributed by atoms with E-state index >= 15 is 0 Å². The molecule has 0 bridgehead atoms. The number of unbranched alkanes of at least 4 members (excludes halogenated alkanes) is 8. The number of nitrogens with zero attached hydrogens (tertiary/aromatic N) is 2. The third-order valence-electron chi connectivity index (χ3n) is 5.71. The molecule has 2 aromatic rings. The molecule has 1 amide bonds. The molecule has 0 aliphatic carbocycles. The molecule has 0 spiro atoms. The number of halogens is 1. The maximum atomic E-state index is 13.5. The van der Waals surface area contributed by atoms with Gasteiger partial charge in [0.15, 0.2) is 0 Å². The number of hydrogen-bond acceptors (Lipinski definition) is 1. The molecule has 0 saturated heterocycles.